The van der Waals surface area contributed by atoms with Crippen molar-refractivity contribution in [1.82, 2.24) is 15.5 Å². The molecule has 5 nitrogen and oxygen atoms in total. The molecule has 1 atom stereocenters. The van der Waals surface area contributed by atoms with Gasteiger partial charge >= 0.3 is 6.03 Å². The van der Waals surface area contributed by atoms with Crippen LogP contribution in [0.15, 0.2) is 24.3 Å². The minimum absolute atomic E-state index is 0.102. The predicted octanol–water partition coefficient (Wildman–Crippen LogP) is 1.81. The van der Waals surface area contributed by atoms with Crippen LogP contribution in [0.1, 0.15) is 31.4 Å². The molecule has 0 aromatic heterocycles. The molecule has 0 spiro atoms. The maximum atomic E-state index is 13.0. The summed E-state index contributed by atoms with van der Waals surface area (Å²) in [6, 6.07) is 5.99. The molecule has 1 aromatic carbocycles. The van der Waals surface area contributed by atoms with E-state index in [4.69, 9.17) is 0 Å². The Balaban J connectivity index is 1.94. The molecule has 1 heterocycles. The van der Waals surface area contributed by atoms with Crippen molar-refractivity contribution in [3.63, 3.8) is 0 Å². The predicted molar refractivity (Wildman–Crippen MR) is 77.2 cm³/mol. The van der Waals surface area contributed by atoms with Crippen LogP contribution in [-0.4, -0.2) is 36.5 Å². The Bertz CT molecular complexity index is 504. The summed E-state index contributed by atoms with van der Waals surface area (Å²) in [5, 5.41) is 4.82. The Hall–Kier alpha value is -1.95. The summed E-state index contributed by atoms with van der Waals surface area (Å²) < 4.78 is 13.0. The van der Waals surface area contributed by atoms with Gasteiger partial charge in [-0.1, -0.05) is 12.1 Å². The molecule has 1 fully saturated rings. The first-order valence-corrected chi connectivity index (χ1v) is 7.17. The van der Waals surface area contributed by atoms with Crippen LogP contribution < -0.4 is 10.6 Å². The fourth-order valence-electron chi connectivity index (χ4n) is 2.63. The van der Waals surface area contributed by atoms with Crippen molar-refractivity contribution >= 4 is 11.9 Å². The molecule has 6 heteroatoms. The molecule has 21 heavy (non-hydrogen) atoms. The molecule has 0 radical (unpaired) electrons. The number of carbonyl (C=O) groups is 2. The molecule has 1 saturated heterocycles. The molecule has 1 aromatic rings. The van der Waals surface area contributed by atoms with Crippen LogP contribution in [0.3, 0.4) is 0 Å². The van der Waals surface area contributed by atoms with E-state index in [2.05, 4.69) is 10.6 Å². The maximum absolute atomic E-state index is 13.0. The van der Waals surface area contributed by atoms with E-state index in [9.17, 15) is 14.0 Å². The van der Waals surface area contributed by atoms with Crippen molar-refractivity contribution in [2.45, 2.75) is 25.8 Å². The topological polar surface area (TPSA) is 61.4 Å². The van der Waals surface area contributed by atoms with E-state index in [0.29, 0.717) is 6.54 Å². The maximum Gasteiger partial charge on any atom is 0.321 e. The molecule has 2 rings (SSSR count). The molecule has 114 valence electrons. The Morgan fingerprint density at radius 1 is 1.33 bits per heavy atom. The SMILES string of the molecule is CCNC(=O)NC(=O)CN1CCCC1c1ccc(F)cc1. The number of carbonyl (C=O) groups excluding carboxylic acids is 2. The van der Waals surface area contributed by atoms with E-state index in [0.717, 1.165) is 24.9 Å². The molecule has 1 unspecified atom stereocenters. The molecule has 2 N–H and O–H groups in total. The molecule has 1 aliphatic rings. The van der Waals surface area contributed by atoms with Crippen molar-refractivity contribution in [2.24, 2.45) is 0 Å². The van der Waals surface area contributed by atoms with Gasteiger partial charge in [-0.05, 0) is 44.0 Å². The highest BCUT2D eigenvalue weighted by Gasteiger charge is 2.27. The van der Waals surface area contributed by atoms with E-state index in [1.165, 1.54) is 12.1 Å². The number of likely N-dealkylation sites (tertiary alicyclic amines) is 1. The number of urea groups is 1. The van der Waals surface area contributed by atoms with E-state index in [1.807, 2.05) is 4.90 Å². The molecule has 1 aliphatic heterocycles. The van der Waals surface area contributed by atoms with Gasteiger partial charge < -0.3 is 5.32 Å². The highest BCUT2D eigenvalue weighted by molar-refractivity contribution is 5.95. The van der Waals surface area contributed by atoms with Crippen molar-refractivity contribution in [2.75, 3.05) is 19.6 Å². The van der Waals surface area contributed by atoms with Crippen LogP contribution in [0.5, 0.6) is 0 Å². The zero-order chi connectivity index (χ0) is 15.2. The van der Waals surface area contributed by atoms with E-state index in [1.54, 1.807) is 19.1 Å². The second kappa shape index (κ2) is 7.17. The Kier molecular flexibility index (Phi) is 5.27. The van der Waals surface area contributed by atoms with E-state index < -0.39 is 6.03 Å². The highest BCUT2D eigenvalue weighted by atomic mass is 19.1. The summed E-state index contributed by atoms with van der Waals surface area (Å²) in [7, 11) is 0. The monoisotopic (exact) mass is 293 g/mol. The number of imide groups is 1. The van der Waals surface area contributed by atoms with Crippen molar-refractivity contribution in [3.05, 3.63) is 35.6 Å². The normalized spacial score (nSPS) is 18.5. The first-order chi connectivity index (χ1) is 10.1. The number of rotatable bonds is 4. The summed E-state index contributed by atoms with van der Waals surface area (Å²) in [6.45, 7) is 3.22. The Morgan fingerprint density at radius 2 is 2.05 bits per heavy atom. The number of halogens is 1. The van der Waals surface area contributed by atoms with Crippen LogP contribution >= 0.6 is 0 Å². The van der Waals surface area contributed by atoms with Gasteiger partial charge in [0.2, 0.25) is 5.91 Å². The second-order valence-corrected chi connectivity index (χ2v) is 5.09. The summed E-state index contributed by atoms with van der Waals surface area (Å²) in [5.41, 5.74) is 1.000. The molecule has 0 bridgehead atoms. The smallest absolute Gasteiger partial charge is 0.321 e. The first-order valence-electron chi connectivity index (χ1n) is 7.17. The lowest BCUT2D eigenvalue weighted by Gasteiger charge is -2.24. The average molecular weight is 293 g/mol. The summed E-state index contributed by atoms with van der Waals surface area (Å²) >= 11 is 0. The second-order valence-electron chi connectivity index (χ2n) is 5.09. The third-order valence-corrected chi connectivity index (χ3v) is 3.56. The lowest BCUT2D eigenvalue weighted by Crippen LogP contribution is -2.44. The number of hydrogen-bond acceptors (Lipinski definition) is 3. The summed E-state index contributed by atoms with van der Waals surface area (Å²) in [6.07, 6.45) is 1.91. The van der Waals surface area contributed by atoms with Gasteiger partial charge in [0.25, 0.3) is 0 Å². The number of amides is 3. The van der Waals surface area contributed by atoms with Gasteiger partial charge in [-0.15, -0.1) is 0 Å². The van der Waals surface area contributed by atoms with Gasteiger partial charge in [0.1, 0.15) is 5.82 Å². The minimum atomic E-state index is -0.472. The highest BCUT2D eigenvalue weighted by Crippen LogP contribution is 2.31. The van der Waals surface area contributed by atoms with Gasteiger partial charge in [0, 0.05) is 12.6 Å². The lowest BCUT2D eigenvalue weighted by molar-refractivity contribution is -0.121. The Morgan fingerprint density at radius 3 is 2.71 bits per heavy atom. The molecule has 0 saturated carbocycles. The van der Waals surface area contributed by atoms with Crippen LogP contribution in [-0.2, 0) is 4.79 Å². The van der Waals surface area contributed by atoms with Crippen molar-refractivity contribution < 1.29 is 14.0 Å². The third kappa shape index (κ3) is 4.26. The fourth-order valence-corrected chi connectivity index (χ4v) is 2.63. The van der Waals surface area contributed by atoms with Crippen molar-refractivity contribution in [3.8, 4) is 0 Å². The molecule has 3 amide bonds. The molecular weight excluding hydrogens is 273 g/mol. The standard InChI is InChI=1S/C15H20FN3O2/c1-2-17-15(21)18-14(20)10-19-9-3-4-13(19)11-5-7-12(16)8-6-11/h5-8,13H,2-4,9-10H2,1H3,(H2,17,18,20,21). The van der Waals surface area contributed by atoms with E-state index >= 15 is 0 Å². The zero-order valence-corrected chi connectivity index (χ0v) is 12.1. The van der Waals surface area contributed by atoms with Crippen molar-refractivity contribution in [1.29, 1.82) is 0 Å². The number of benzene rings is 1. The van der Waals surface area contributed by atoms with Crippen LogP contribution in [0.2, 0.25) is 0 Å². The third-order valence-electron chi connectivity index (χ3n) is 3.56. The number of hydrogen-bond donors (Lipinski definition) is 2. The van der Waals surface area contributed by atoms with Crippen LogP contribution in [0.25, 0.3) is 0 Å². The van der Waals surface area contributed by atoms with Crippen LogP contribution in [0, 0.1) is 5.82 Å². The first kappa shape index (κ1) is 15.4. The fraction of sp³-hybridized carbons (Fsp3) is 0.467. The lowest BCUT2D eigenvalue weighted by atomic mass is 10.0. The van der Waals surface area contributed by atoms with Gasteiger partial charge in [0.15, 0.2) is 0 Å². The minimum Gasteiger partial charge on any atom is -0.338 e. The van der Waals surface area contributed by atoms with Gasteiger partial charge in [-0.3, -0.25) is 15.0 Å². The van der Waals surface area contributed by atoms with Gasteiger partial charge in [-0.25, -0.2) is 9.18 Å². The van der Waals surface area contributed by atoms with E-state index in [-0.39, 0.29) is 24.3 Å². The number of nitrogens with zero attached hydrogens (tertiary/aromatic N) is 1. The molecular formula is C15H20FN3O2. The average Bonchev–Trinajstić information content (AvgIpc) is 2.87. The largest absolute Gasteiger partial charge is 0.338 e. The summed E-state index contributed by atoms with van der Waals surface area (Å²) in [4.78, 5) is 25.2. The summed E-state index contributed by atoms with van der Waals surface area (Å²) in [5.74, 6) is -0.591. The van der Waals surface area contributed by atoms with Crippen LogP contribution in [0.4, 0.5) is 9.18 Å². The quantitative estimate of drug-likeness (QED) is 0.890. The van der Waals surface area contributed by atoms with Gasteiger partial charge in [-0.2, -0.15) is 0 Å². The molecule has 0 aliphatic carbocycles. The number of nitrogens with one attached hydrogen (secondary N) is 2. The Labute approximate surface area is 123 Å². The van der Waals surface area contributed by atoms with Gasteiger partial charge in [0.05, 0.1) is 6.54 Å². The zero-order valence-electron chi connectivity index (χ0n) is 12.1.